The van der Waals surface area contributed by atoms with Gasteiger partial charge < -0.3 is 9.47 Å². The van der Waals surface area contributed by atoms with Crippen LogP contribution in [0.4, 0.5) is 0 Å². The monoisotopic (exact) mass is 508 g/mol. The Hall–Kier alpha value is -2.17. The largest absolute Gasteiger partial charge is 0.469 e. The lowest BCUT2D eigenvalue weighted by Gasteiger charge is -2.60. The van der Waals surface area contributed by atoms with Crippen molar-refractivity contribution in [2.24, 2.45) is 46.3 Å². The van der Waals surface area contributed by atoms with Crippen molar-refractivity contribution in [3.8, 4) is 0 Å². The third-order valence-electron chi connectivity index (χ3n) is 11.6. The predicted octanol–water partition coefficient (Wildman–Crippen LogP) is 6.64. The zero-order valence-electron chi connectivity index (χ0n) is 23.0. The number of ether oxygens (including phenoxy) is 2. The van der Waals surface area contributed by atoms with Crippen molar-refractivity contribution in [1.29, 1.82) is 0 Å². The van der Waals surface area contributed by atoms with E-state index < -0.39 is 0 Å². The number of benzene rings is 1. The number of carbonyl (C=O) groups excluding carboxylic acids is 3. The van der Waals surface area contributed by atoms with E-state index in [1.54, 1.807) is 0 Å². The van der Waals surface area contributed by atoms with Crippen molar-refractivity contribution in [3.63, 3.8) is 0 Å². The van der Waals surface area contributed by atoms with Crippen LogP contribution in [-0.2, 0) is 19.1 Å². The van der Waals surface area contributed by atoms with Crippen LogP contribution in [-0.4, -0.2) is 30.9 Å². The van der Waals surface area contributed by atoms with Crippen LogP contribution in [0.2, 0.25) is 0 Å². The molecule has 0 N–H and O–H groups in total. The smallest absolute Gasteiger partial charge is 0.338 e. The fourth-order valence-electron chi connectivity index (χ4n) is 9.42. The van der Waals surface area contributed by atoms with Crippen molar-refractivity contribution in [1.82, 2.24) is 0 Å². The van der Waals surface area contributed by atoms with E-state index in [9.17, 15) is 14.4 Å². The quantitative estimate of drug-likeness (QED) is 0.403. The highest BCUT2D eigenvalue weighted by atomic mass is 16.5. The summed E-state index contributed by atoms with van der Waals surface area (Å²) in [5.41, 5.74) is 0.500. The molecule has 4 saturated carbocycles. The first-order chi connectivity index (χ1) is 17.7. The van der Waals surface area contributed by atoms with Gasteiger partial charge in [0, 0.05) is 18.3 Å². The van der Waals surface area contributed by atoms with E-state index in [1.165, 1.54) is 20.0 Å². The summed E-state index contributed by atoms with van der Waals surface area (Å²) < 4.78 is 10.8. The van der Waals surface area contributed by atoms with E-state index in [1.807, 2.05) is 30.3 Å². The molecule has 0 radical (unpaired) electrons. The first kappa shape index (κ1) is 26.4. The highest BCUT2D eigenvalue weighted by Crippen LogP contribution is 2.67. The Morgan fingerprint density at radius 3 is 2.51 bits per heavy atom. The molecule has 5 nitrogen and oxygen atoms in total. The lowest BCUT2D eigenvalue weighted by Crippen LogP contribution is -2.57. The number of carbonyl (C=O) groups is 3. The molecule has 0 spiro atoms. The van der Waals surface area contributed by atoms with Gasteiger partial charge in [0.05, 0.1) is 12.7 Å². The van der Waals surface area contributed by atoms with E-state index in [4.69, 9.17) is 9.47 Å². The molecule has 5 rings (SSSR count). The van der Waals surface area contributed by atoms with Crippen molar-refractivity contribution < 1.29 is 23.9 Å². The van der Waals surface area contributed by atoms with E-state index in [-0.39, 0.29) is 28.9 Å². The van der Waals surface area contributed by atoms with Crippen LogP contribution in [0.5, 0.6) is 0 Å². The molecule has 1 aromatic carbocycles. The fraction of sp³-hybridized carbons (Fsp3) is 0.719. The van der Waals surface area contributed by atoms with Gasteiger partial charge in [-0.15, -0.1) is 0 Å². The summed E-state index contributed by atoms with van der Waals surface area (Å²) in [6.45, 7) is 6.93. The second-order valence-electron chi connectivity index (χ2n) is 13.0. The summed E-state index contributed by atoms with van der Waals surface area (Å²) in [7, 11) is 1.45. The lowest BCUT2D eigenvalue weighted by atomic mass is 9.44. The Kier molecular flexibility index (Phi) is 7.28. The number of hydrogen-bond donors (Lipinski definition) is 0. The van der Waals surface area contributed by atoms with Crippen LogP contribution in [0.15, 0.2) is 30.3 Å². The molecule has 1 aromatic rings. The molecule has 0 heterocycles. The number of rotatable bonds is 6. The minimum atomic E-state index is -0.262. The molecule has 0 saturated heterocycles. The molecule has 0 aliphatic heterocycles. The molecular weight excluding hydrogens is 464 g/mol. The van der Waals surface area contributed by atoms with Crippen LogP contribution in [0.1, 0.15) is 95.3 Å². The Morgan fingerprint density at radius 2 is 1.78 bits per heavy atom. The summed E-state index contributed by atoms with van der Waals surface area (Å²) in [6.07, 6.45) is 9.31. The normalized spacial score (nSPS) is 39.6. The van der Waals surface area contributed by atoms with Gasteiger partial charge in [-0.2, -0.15) is 0 Å². The van der Waals surface area contributed by atoms with Gasteiger partial charge >= 0.3 is 11.9 Å². The maximum Gasteiger partial charge on any atom is 0.338 e. The van der Waals surface area contributed by atoms with E-state index >= 15 is 0 Å². The summed E-state index contributed by atoms with van der Waals surface area (Å²) in [4.78, 5) is 38.4. The van der Waals surface area contributed by atoms with Crippen LogP contribution in [0.25, 0.3) is 0 Å². The Bertz CT molecular complexity index is 1020. The molecule has 0 aromatic heterocycles. The first-order valence-electron chi connectivity index (χ1n) is 14.5. The highest BCUT2D eigenvalue weighted by molar-refractivity contribution is 5.89. The van der Waals surface area contributed by atoms with Gasteiger partial charge in [0.1, 0.15) is 11.9 Å². The molecule has 37 heavy (non-hydrogen) atoms. The second-order valence-corrected chi connectivity index (χ2v) is 13.0. The fourth-order valence-corrected chi connectivity index (χ4v) is 9.42. The zero-order chi connectivity index (χ0) is 26.4. The SMILES string of the molecule is COC(=O)CC[C@H](C)[C@@H]1CC[C@@H]2[C@@H]3CC[C@H]4C[C@H](OC(=O)c5ccccc5)CC[C@]4(C)[C@H]3CC(=O)[C@@]21C. The summed E-state index contributed by atoms with van der Waals surface area (Å²) >= 11 is 0. The molecule has 0 unspecified atom stereocenters. The van der Waals surface area contributed by atoms with Crippen molar-refractivity contribution in [2.75, 3.05) is 7.11 Å². The molecule has 0 amide bonds. The predicted molar refractivity (Wildman–Crippen MR) is 142 cm³/mol. The van der Waals surface area contributed by atoms with Gasteiger partial charge in [0.2, 0.25) is 0 Å². The Labute approximate surface area is 222 Å². The Balaban J connectivity index is 1.27. The molecule has 0 bridgehead atoms. The van der Waals surface area contributed by atoms with Crippen LogP contribution in [0.3, 0.4) is 0 Å². The number of methoxy groups -OCH3 is 1. The van der Waals surface area contributed by atoms with Crippen LogP contribution >= 0.6 is 0 Å². The van der Waals surface area contributed by atoms with Crippen LogP contribution in [0, 0.1) is 46.3 Å². The number of esters is 2. The average molecular weight is 509 g/mol. The average Bonchev–Trinajstić information content (AvgIpc) is 3.27. The van der Waals surface area contributed by atoms with Gasteiger partial charge in [0.25, 0.3) is 0 Å². The van der Waals surface area contributed by atoms with Gasteiger partial charge in [-0.1, -0.05) is 39.0 Å². The molecule has 4 aliphatic carbocycles. The number of fused-ring (bicyclic) bond motifs is 5. The maximum absolute atomic E-state index is 14.0. The van der Waals surface area contributed by atoms with Crippen LogP contribution < -0.4 is 0 Å². The van der Waals surface area contributed by atoms with E-state index in [2.05, 4.69) is 20.8 Å². The first-order valence-corrected chi connectivity index (χ1v) is 14.5. The van der Waals surface area contributed by atoms with Crippen molar-refractivity contribution in [2.45, 2.75) is 91.1 Å². The third kappa shape index (κ3) is 4.55. The number of Topliss-reactive ketones (excluding diaryl/α,β-unsaturated/α-hetero) is 1. The molecule has 5 heteroatoms. The highest BCUT2D eigenvalue weighted by Gasteiger charge is 2.64. The molecular formula is C32H44O5. The molecule has 9 atom stereocenters. The van der Waals surface area contributed by atoms with Crippen molar-refractivity contribution >= 4 is 17.7 Å². The number of hydrogen-bond acceptors (Lipinski definition) is 5. The van der Waals surface area contributed by atoms with Gasteiger partial charge in [0.15, 0.2) is 0 Å². The minimum Gasteiger partial charge on any atom is -0.469 e. The summed E-state index contributed by atoms with van der Waals surface area (Å²) in [5, 5.41) is 0. The standard InChI is InChI=1S/C32H44O5/c1-20(10-15-29(34)36-4)25-13-14-26-24-12-11-22-18-23(37-30(35)21-8-6-5-7-9-21)16-17-31(22,2)27(24)19-28(33)32(25,26)3/h5-9,20,22-27H,10-19H2,1-4H3/t20-,22-,23+,24-,25-,26+,27-,31-,32+/m0/s1. The molecule has 4 aliphatic rings. The number of ketones is 1. The van der Waals surface area contributed by atoms with E-state index in [0.29, 0.717) is 59.7 Å². The minimum absolute atomic E-state index is 0.0292. The summed E-state index contributed by atoms with van der Waals surface area (Å²) in [6, 6.07) is 9.29. The third-order valence-corrected chi connectivity index (χ3v) is 11.6. The molecule has 202 valence electrons. The van der Waals surface area contributed by atoms with Crippen molar-refractivity contribution in [3.05, 3.63) is 35.9 Å². The van der Waals surface area contributed by atoms with Gasteiger partial charge in [-0.05, 0) is 104 Å². The second kappa shape index (κ2) is 10.2. The topological polar surface area (TPSA) is 69.7 Å². The van der Waals surface area contributed by atoms with Gasteiger partial charge in [-0.25, -0.2) is 4.79 Å². The molecule has 4 fully saturated rings. The van der Waals surface area contributed by atoms with Gasteiger partial charge in [-0.3, -0.25) is 9.59 Å². The maximum atomic E-state index is 14.0. The summed E-state index contributed by atoms with van der Waals surface area (Å²) in [5.74, 6) is 2.79. The Morgan fingerprint density at radius 1 is 1.03 bits per heavy atom. The zero-order valence-corrected chi connectivity index (χ0v) is 23.0. The lowest BCUT2D eigenvalue weighted by molar-refractivity contribution is -0.160. The van der Waals surface area contributed by atoms with E-state index in [0.717, 1.165) is 38.5 Å².